The van der Waals surface area contributed by atoms with E-state index in [1.54, 1.807) is 24.3 Å². The molecule has 3 rings (SSSR count). The minimum Gasteiger partial charge on any atom is -0.507 e. The van der Waals surface area contributed by atoms with Gasteiger partial charge in [-0.2, -0.15) is 5.11 Å². The molecule has 3 aromatic carbocycles. The van der Waals surface area contributed by atoms with Gasteiger partial charge in [0.15, 0.2) is 0 Å². The Bertz CT molecular complexity index is 765. The maximum absolute atomic E-state index is 10.3. The zero-order chi connectivity index (χ0) is 13.6. The van der Waals surface area contributed by atoms with E-state index in [4.69, 9.17) is 5.53 Å². The highest BCUT2D eigenvalue weighted by atomic mass is 16.3. The van der Waals surface area contributed by atoms with Crippen molar-refractivity contribution in [3.8, 4) is 17.2 Å². The van der Waals surface area contributed by atoms with Gasteiger partial charge in [0.1, 0.15) is 22.9 Å². The summed E-state index contributed by atoms with van der Waals surface area (Å²) in [6.45, 7) is 0. The van der Waals surface area contributed by atoms with Crippen molar-refractivity contribution in [2.45, 2.75) is 0 Å². The Balaban J connectivity index is 2.74. The van der Waals surface area contributed by atoms with Gasteiger partial charge in [0, 0.05) is 10.8 Å². The van der Waals surface area contributed by atoms with Crippen LogP contribution in [0.15, 0.2) is 41.5 Å². The highest BCUT2D eigenvalue weighted by Gasteiger charge is 2.17. The molecule has 0 unspecified atom stereocenters. The number of benzene rings is 3. The van der Waals surface area contributed by atoms with Crippen LogP contribution in [-0.4, -0.2) is 15.3 Å². The van der Waals surface area contributed by atoms with Gasteiger partial charge in [0.2, 0.25) is 0 Å². The topological polar surface area (TPSA) is 96.9 Å². The van der Waals surface area contributed by atoms with Gasteiger partial charge in [0.05, 0.1) is 10.8 Å². The average molecular weight is 254 g/mol. The van der Waals surface area contributed by atoms with E-state index in [1.165, 1.54) is 12.1 Å². The molecule has 0 saturated heterocycles. The van der Waals surface area contributed by atoms with Gasteiger partial charge in [0.25, 0.3) is 0 Å². The van der Waals surface area contributed by atoms with Crippen LogP contribution < -0.4 is 0 Å². The molecule has 94 valence electrons. The number of rotatable bonds is 1. The molecule has 0 atom stereocenters. The van der Waals surface area contributed by atoms with Crippen molar-refractivity contribution in [2.24, 2.45) is 5.11 Å². The third kappa shape index (κ3) is 1.41. The summed E-state index contributed by atoms with van der Waals surface area (Å²) in [5.41, 5.74) is 7.43. The predicted molar refractivity (Wildman–Crippen MR) is 71.3 cm³/mol. The molecule has 19 heavy (non-hydrogen) atoms. The minimum absolute atomic E-state index is 0.0517. The number of hydrogen-bond donors (Lipinski definition) is 4. The maximum Gasteiger partial charge on any atom is 0.131 e. The standard InChI is InChI=1S/C14H10N2O3/c15-16-13-11-7(3-1-5-9(11)17)14(19)8-4-2-6-10(18)12(8)13/h1-6,15,17-19H. The van der Waals surface area contributed by atoms with Crippen LogP contribution in [0.25, 0.3) is 21.5 Å². The lowest BCUT2D eigenvalue weighted by Crippen LogP contribution is -1.82. The molecule has 3 aromatic rings. The van der Waals surface area contributed by atoms with E-state index >= 15 is 0 Å². The molecule has 0 spiro atoms. The lowest BCUT2D eigenvalue weighted by atomic mass is 9.98. The molecule has 5 heteroatoms. The summed E-state index contributed by atoms with van der Waals surface area (Å²) in [6, 6.07) is 9.34. The molecular formula is C14H10N2O3. The van der Waals surface area contributed by atoms with Crippen molar-refractivity contribution in [3.63, 3.8) is 0 Å². The first-order chi connectivity index (χ1) is 9.15. The first-order valence-corrected chi connectivity index (χ1v) is 5.61. The highest BCUT2D eigenvalue weighted by Crippen LogP contribution is 2.47. The third-order valence-corrected chi connectivity index (χ3v) is 3.18. The highest BCUT2D eigenvalue weighted by molar-refractivity contribution is 6.18. The van der Waals surface area contributed by atoms with Gasteiger partial charge in [-0.05, 0) is 12.1 Å². The first kappa shape index (κ1) is 11.3. The summed E-state index contributed by atoms with van der Waals surface area (Å²) >= 11 is 0. The Kier molecular flexibility index (Phi) is 2.28. The molecule has 0 radical (unpaired) electrons. The van der Waals surface area contributed by atoms with E-state index in [1.807, 2.05) is 0 Å². The number of aromatic hydroxyl groups is 3. The third-order valence-electron chi connectivity index (χ3n) is 3.18. The van der Waals surface area contributed by atoms with Crippen molar-refractivity contribution in [2.75, 3.05) is 0 Å². The van der Waals surface area contributed by atoms with Gasteiger partial charge in [-0.3, -0.25) is 0 Å². The van der Waals surface area contributed by atoms with Crippen molar-refractivity contribution in [1.29, 1.82) is 5.53 Å². The molecule has 0 fully saturated rings. The summed E-state index contributed by atoms with van der Waals surface area (Å²) in [6.07, 6.45) is 0. The van der Waals surface area contributed by atoms with E-state index in [-0.39, 0.29) is 33.7 Å². The summed E-state index contributed by atoms with van der Waals surface area (Å²) in [4.78, 5) is 0. The molecule has 0 heterocycles. The summed E-state index contributed by atoms with van der Waals surface area (Å²) < 4.78 is 0. The molecule has 0 aromatic heterocycles. The smallest absolute Gasteiger partial charge is 0.131 e. The van der Waals surface area contributed by atoms with E-state index in [9.17, 15) is 15.3 Å². The number of phenols is 3. The molecule has 0 aliphatic carbocycles. The summed E-state index contributed by atoms with van der Waals surface area (Å²) in [5.74, 6) is -0.239. The lowest BCUT2D eigenvalue weighted by Gasteiger charge is -2.11. The zero-order valence-corrected chi connectivity index (χ0v) is 9.75. The number of hydrogen-bond acceptors (Lipinski definition) is 5. The van der Waals surface area contributed by atoms with Crippen LogP contribution in [0, 0.1) is 5.53 Å². The Morgan fingerprint density at radius 1 is 0.789 bits per heavy atom. The zero-order valence-electron chi connectivity index (χ0n) is 9.75. The van der Waals surface area contributed by atoms with Crippen LogP contribution in [-0.2, 0) is 0 Å². The van der Waals surface area contributed by atoms with Crippen molar-refractivity contribution >= 4 is 27.2 Å². The quantitative estimate of drug-likeness (QED) is 0.393. The first-order valence-electron chi connectivity index (χ1n) is 5.61. The van der Waals surface area contributed by atoms with Crippen LogP contribution in [0.4, 0.5) is 5.69 Å². The predicted octanol–water partition coefficient (Wildman–Crippen LogP) is 3.77. The Morgan fingerprint density at radius 3 is 1.68 bits per heavy atom. The monoisotopic (exact) mass is 254 g/mol. The van der Waals surface area contributed by atoms with E-state index in [2.05, 4.69) is 5.11 Å². The molecule has 0 saturated carbocycles. The molecule has 0 bridgehead atoms. The SMILES string of the molecule is N=Nc1c2c(O)cccc2c(O)c2cccc(O)c12. The second-order valence-corrected chi connectivity index (χ2v) is 4.21. The fraction of sp³-hybridized carbons (Fsp3) is 0. The second-order valence-electron chi connectivity index (χ2n) is 4.21. The second kappa shape index (κ2) is 3.84. The largest absolute Gasteiger partial charge is 0.507 e. The minimum atomic E-state index is -0.0936. The van der Waals surface area contributed by atoms with Crippen molar-refractivity contribution in [3.05, 3.63) is 36.4 Å². The van der Waals surface area contributed by atoms with E-state index < -0.39 is 0 Å². The molecule has 0 amide bonds. The normalized spacial score (nSPS) is 10.9. The fourth-order valence-corrected chi connectivity index (χ4v) is 2.35. The molecule has 0 aliphatic rings. The van der Waals surface area contributed by atoms with Gasteiger partial charge in [-0.15, -0.1) is 0 Å². The van der Waals surface area contributed by atoms with Gasteiger partial charge < -0.3 is 15.3 Å². The number of nitrogens with one attached hydrogen (secondary N) is 1. The van der Waals surface area contributed by atoms with Crippen LogP contribution in [0.5, 0.6) is 17.2 Å². The van der Waals surface area contributed by atoms with Crippen LogP contribution in [0.2, 0.25) is 0 Å². The summed E-state index contributed by atoms with van der Waals surface area (Å²) in [5, 5.41) is 34.8. The number of nitrogens with zero attached hydrogens (tertiary/aromatic N) is 1. The van der Waals surface area contributed by atoms with Crippen LogP contribution in [0.1, 0.15) is 0 Å². The summed E-state index contributed by atoms with van der Waals surface area (Å²) in [7, 11) is 0. The van der Waals surface area contributed by atoms with Crippen LogP contribution >= 0.6 is 0 Å². The van der Waals surface area contributed by atoms with Gasteiger partial charge in [-0.1, -0.05) is 24.3 Å². The van der Waals surface area contributed by atoms with Gasteiger partial charge in [-0.25, -0.2) is 5.53 Å². The fourth-order valence-electron chi connectivity index (χ4n) is 2.35. The van der Waals surface area contributed by atoms with E-state index in [0.29, 0.717) is 10.8 Å². The lowest BCUT2D eigenvalue weighted by molar-refractivity contribution is 0.475. The molecule has 4 N–H and O–H groups in total. The van der Waals surface area contributed by atoms with E-state index in [0.717, 1.165) is 0 Å². The van der Waals surface area contributed by atoms with Crippen molar-refractivity contribution < 1.29 is 15.3 Å². The average Bonchev–Trinajstić information content (AvgIpc) is 2.41. The Labute approximate surface area is 107 Å². The van der Waals surface area contributed by atoms with Crippen molar-refractivity contribution in [1.82, 2.24) is 0 Å². The molecule has 0 aliphatic heterocycles. The Hall–Kier alpha value is -2.82. The number of fused-ring (bicyclic) bond motifs is 2. The molecular weight excluding hydrogens is 244 g/mol. The van der Waals surface area contributed by atoms with Crippen LogP contribution in [0.3, 0.4) is 0 Å². The van der Waals surface area contributed by atoms with Gasteiger partial charge >= 0.3 is 0 Å². The number of phenolic OH excluding ortho intramolecular Hbond substituents is 3. The maximum atomic E-state index is 10.3. The Morgan fingerprint density at radius 2 is 1.26 bits per heavy atom. The molecule has 5 nitrogen and oxygen atoms in total.